The lowest BCUT2D eigenvalue weighted by atomic mass is 10.1. The van der Waals surface area contributed by atoms with Crippen LogP contribution in [-0.2, 0) is 16.1 Å². The molecule has 43 heavy (non-hydrogen) atoms. The number of benzene rings is 1. The molecule has 1 aromatic carbocycles. The Bertz CT molecular complexity index is 1650. The number of anilines is 2. The number of amides is 2. The van der Waals surface area contributed by atoms with Crippen LogP contribution in [0.25, 0.3) is 11.2 Å². The van der Waals surface area contributed by atoms with Crippen molar-refractivity contribution in [2.75, 3.05) is 11.1 Å². The van der Waals surface area contributed by atoms with Crippen LogP contribution in [0.5, 0.6) is 0 Å². The highest BCUT2D eigenvalue weighted by Gasteiger charge is 2.21. The van der Waals surface area contributed by atoms with Gasteiger partial charge in [0.2, 0.25) is 5.95 Å². The summed E-state index contributed by atoms with van der Waals surface area (Å²) in [6.07, 6.45) is 3.88. The summed E-state index contributed by atoms with van der Waals surface area (Å²) in [5.74, 6) is 1.40. The maximum absolute atomic E-state index is 12.3. The fourth-order valence-electron chi connectivity index (χ4n) is 3.39. The second-order valence-electron chi connectivity index (χ2n) is 8.55. The molecule has 0 aliphatic carbocycles. The number of nitrogen functional groups attached to an aromatic ring is 1. The van der Waals surface area contributed by atoms with Gasteiger partial charge in [-0.1, -0.05) is 0 Å². The maximum atomic E-state index is 12.3. The second kappa shape index (κ2) is 15.1. The van der Waals surface area contributed by atoms with Gasteiger partial charge in [0.15, 0.2) is 11.2 Å². The van der Waals surface area contributed by atoms with E-state index in [1.165, 1.54) is 24.5 Å². The summed E-state index contributed by atoms with van der Waals surface area (Å²) in [6.45, 7) is 0.231. The Balaban J connectivity index is 0.000000386. The number of aromatic amines is 1. The predicted molar refractivity (Wildman–Crippen MR) is 151 cm³/mol. The number of nitrogens with two attached hydrogens (primary N) is 2. The number of fused-ring (bicyclic) bond motifs is 1. The quantitative estimate of drug-likeness (QED) is 0.0755. The van der Waals surface area contributed by atoms with Crippen molar-refractivity contribution >= 4 is 46.6 Å². The Morgan fingerprint density at radius 2 is 1.72 bits per heavy atom. The fourth-order valence-corrected chi connectivity index (χ4v) is 3.39. The Kier molecular flexibility index (Phi) is 11.1. The first-order chi connectivity index (χ1) is 20.6. The SMILES string of the molecule is NNNC(=O)c1cccnc1.Nc1nc2ncc(CNc3ccc(C(=O)N[C@@H](CCC(=O)O)C(=O)O)cc3)nc2c(=O)[nH]1. The van der Waals surface area contributed by atoms with E-state index in [9.17, 15) is 24.0 Å². The molecule has 18 nitrogen and oxygen atoms in total. The summed E-state index contributed by atoms with van der Waals surface area (Å²) in [7, 11) is 0. The third kappa shape index (κ3) is 9.55. The largest absolute Gasteiger partial charge is 0.481 e. The molecule has 4 aromatic rings. The molecule has 0 unspecified atom stereocenters. The van der Waals surface area contributed by atoms with Gasteiger partial charge in [0.1, 0.15) is 6.04 Å². The molecule has 1 atom stereocenters. The third-order valence-electron chi connectivity index (χ3n) is 5.47. The molecule has 11 N–H and O–H groups in total. The van der Waals surface area contributed by atoms with E-state index in [-0.39, 0.29) is 48.0 Å². The fraction of sp³-hybridized carbons (Fsp3) is 0.160. The number of carbonyl (C=O) groups excluding carboxylic acids is 2. The molecule has 3 aromatic heterocycles. The van der Waals surface area contributed by atoms with Gasteiger partial charge in [-0.2, -0.15) is 10.5 Å². The predicted octanol–water partition coefficient (Wildman–Crippen LogP) is -0.855. The van der Waals surface area contributed by atoms with Gasteiger partial charge in [0.05, 0.1) is 24.0 Å². The molecule has 224 valence electrons. The van der Waals surface area contributed by atoms with Crippen LogP contribution >= 0.6 is 0 Å². The number of H-pyrrole nitrogens is 1. The van der Waals surface area contributed by atoms with E-state index in [4.69, 9.17) is 21.8 Å². The Morgan fingerprint density at radius 3 is 2.35 bits per heavy atom. The molecule has 0 aliphatic rings. The molecule has 0 fully saturated rings. The van der Waals surface area contributed by atoms with Crippen LogP contribution in [-0.4, -0.2) is 64.9 Å². The van der Waals surface area contributed by atoms with Crippen LogP contribution in [0, 0.1) is 0 Å². The summed E-state index contributed by atoms with van der Waals surface area (Å²) in [4.78, 5) is 75.3. The van der Waals surface area contributed by atoms with Crippen LogP contribution in [0.1, 0.15) is 39.3 Å². The van der Waals surface area contributed by atoms with Crippen molar-refractivity contribution in [3.05, 3.63) is 82.2 Å². The molecule has 2 amide bonds. The monoisotopic (exact) mass is 593 g/mol. The molecular weight excluding hydrogens is 566 g/mol. The zero-order valence-electron chi connectivity index (χ0n) is 22.3. The number of carbonyl (C=O) groups is 4. The number of pyridine rings is 1. The average molecular weight is 594 g/mol. The van der Waals surface area contributed by atoms with Gasteiger partial charge >= 0.3 is 11.9 Å². The number of carboxylic acids is 2. The van der Waals surface area contributed by atoms with E-state index in [2.05, 4.69) is 41.0 Å². The van der Waals surface area contributed by atoms with Gasteiger partial charge < -0.3 is 26.6 Å². The summed E-state index contributed by atoms with van der Waals surface area (Å²) in [5.41, 5.74) is 11.2. The highest BCUT2D eigenvalue weighted by molar-refractivity contribution is 5.97. The lowest BCUT2D eigenvalue weighted by Gasteiger charge is -2.14. The van der Waals surface area contributed by atoms with Crippen LogP contribution < -0.4 is 38.7 Å². The number of hydrogen-bond acceptors (Lipinski definition) is 13. The minimum atomic E-state index is -1.31. The second-order valence-corrected chi connectivity index (χ2v) is 8.55. The van der Waals surface area contributed by atoms with Gasteiger partial charge in [-0.15, -0.1) is 0 Å². The van der Waals surface area contributed by atoms with Crippen molar-refractivity contribution in [3.8, 4) is 0 Å². The Morgan fingerprint density at radius 1 is 0.977 bits per heavy atom. The van der Waals surface area contributed by atoms with Crippen LogP contribution in [0.3, 0.4) is 0 Å². The lowest BCUT2D eigenvalue weighted by Crippen LogP contribution is -2.42. The first kappa shape index (κ1) is 31.5. The number of nitrogens with one attached hydrogen (secondary N) is 5. The molecule has 0 aliphatic heterocycles. The minimum Gasteiger partial charge on any atom is -0.481 e. The zero-order valence-corrected chi connectivity index (χ0v) is 22.3. The number of aliphatic carboxylic acids is 2. The van der Waals surface area contributed by atoms with Gasteiger partial charge in [-0.05, 0) is 42.8 Å². The van der Waals surface area contributed by atoms with Crippen molar-refractivity contribution in [2.24, 2.45) is 5.84 Å². The number of carboxylic acid groups (broad SMARTS) is 2. The molecular formula is C25H27N11O7. The van der Waals surface area contributed by atoms with E-state index in [1.807, 2.05) is 5.53 Å². The van der Waals surface area contributed by atoms with Crippen molar-refractivity contribution in [3.63, 3.8) is 0 Å². The van der Waals surface area contributed by atoms with Gasteiger partial charge in [0, 0.05) is 30.1 Å². The Hall–Kier alpha value is -6.01. The van der Waals surface area contributed by atoms with Crippen molar-refractivity contribution in [1.82, 2.24) is 41.2 Å². The highest BCUT2D eigenvalue weighted by atomic mass is 16.4. The molecule has 3 heterocycles. The van der Waals surface area contributed by atoms with Crippen molar-refractivity contribution < 1.29 is 29.4 Å². The number of hydrogen-bond donors (Lipinski definition) is 9. The normalized spacial score (nSPS) is 11.0. The van der Waals surface area contributed by atoms with E-state index >= 15 is 0 Å². The molecule has 0 spiro atoms. The van der Waals surface area contributed by atoms with E-state index in [1.54, 1.807) is 30.5 Å². The zero-order chi connectivity index (χ0) is 31.4. The summed E-state index contributed by atoms with van der Waals surface area (Å²) >= 11 is 0. The van der Waals surface area contributed by atoms with E-state index in [0.717, 1.165) is 0 Å². The molecule has 0 saturated carbocycles. The van der Waals surface area contributed by atoms with Gasteiger partial charge in [-0.3, -0.25) is 40.4 Å². The molecule has 0 saturated heterocycles. The van der Waals surface area contributed by atoms with E-state index < -0.39 is 29.4 Å². The van der Waals surface area contributed by atoms with Crippen LogP contribution in [0.15, 0.2) is 59.8 Å². The Labute approximate surface area is 241 Å². The van der Waals surface area contributed by atoms with Crippen molar-refractivity contribution in [1.29, 1.82) is 0 Å². The topological polar surface area (TPSA) is 293 Å². The third-order valence-corrected chi connectivity index (χ3v) is 5.47. The molecule has 18 heteroatoms. The standard InChI is InChI=1S/C19H19N7O6.C6H8N4O/c20-19-25-15-14(17(30)26-19)23-11(8-22-15)7-21-10-3-1-9(2-4-10)16(29)24-12(18(31)32)5-6-13(27)28;7-10-9-6(11)5-2-1-3-8-4-5/h1-4,8,12,21H,5-7H2,(H,24,29)(H,27,28)(H,31,32)(H3,20,22,25,26,30);1-4,10H,7H2,(H,9,11)/t12-;/m0./s1. The molecule has 4 rings (SSSR count). The average Bonchev–Trinajstić information content (AvgIpc) is 2.99. The van der Waals surface area contributed by atoms with E-state index in [0.29, 0.717) is 16.9 Å². The summed E-state index contributed by atoms with van der Waals surface area (Å²) in [6, 6.07) is 8.17. The number of rotatable bonds is 11. The smallest absolute Gasteiger partial charge is 0.326 e. The number of nitrogens with zero attached hydrogens (tertiary/aromatic N) is 4. The summed E-state index contributed by atoms with van der Waals surface area (Å²) < 4.78 is 0. The molecule has 0 radical (unpaired) electrons. The highest BCUT2D eigenvalue weighted by Crippen LogP contribution is 2.12. The maximum Gasteiger partial charge on any atom is 0.326 e. The van der Waals surface area contributed by atoms with Crippen LogP contribution in [0.2, 0.25) is 0 Å². The number of aromatic nitrogens is 5. The lowest BCUT2D eigenvalue weighted by molar-refractivity contribution is -0.140. The first-order valence-electron chi connectivity index (χ1n) is 12.3. The van der Waals surface area contributed by atoms with Gasteiger partial charge in [-0.25, -0.2) is 14.8 Å². The van der Waals surface area contributed by atoms with Crippen LogP contribution in [0.4, 0.5) is 11.6 Å². The van der Waals surface area contributed by atoms with Gasteiger partial charge in [0.25, 0.3) is 17.4 Å². The minimum absolute atomic E-state index is 0.0524. The summed E-state index contributed by atoms with van der Waals surface area (Å²) in [5, 5.41) is 23.2. The molecule has 0 bridgehead atoms. The van der Waals surface area contributed by atoms with Crippen molar-refractivity contribution in [2.45, 2.75) is 25.4 Å². The first-order valence-corrected chi connectivity index (χ1v) is 12.3. The number of hydrazine groups is 2.